The highest BCUT2D eigenvalue weighted by Crippen LogP contribution is 2.16. The average Bonchev–Trinajstić information content (AvgIpc) is 2.41. The molecule has 0 fully saturated rings. The van der Waals surface area contributed by atoms with Gasteiger partial charge in [0.05, 0.1) is 0 Å². The van der Waals surface area contributed by atoms with Crippen LogP contribution in [0.5, 0.6) is 0 Å². The molecule has 0 rings (SSSR count). The molecule has 0 bridgehead atoms. The Morgan fingerprint density at radius 2 is 1.08 bits per heavy atom. The molecule has 1 N–H and O–H groups in total. The Morgan fingerprint density at radius 3 is 1.44 bits per heavy atom. The molecule has 0 saturated carbocycles. The van der Waals surface area contributed by atoms with E-state index in [1.54, 1.807) is 41.5 Å². The lowest BCUT2D eigenvalue weighted by molar-refractivity contribution is 0.00118. The number of aliphatic hydroxyl groups excluding tert-OH is 1. The number of carbonyl (C=O) groups excluding carboxylic acids is 2. The van der Waals surface area contributed by atoms with Crippen LogP contribution in [-0.2, 0) is 9.47 Å². The van der Waals surface area contributed by atoms with Crippen LogP contribution in [0.2, 0.25) is 0 Å². The summed E-state index contributed by atoms with van der Waals surface area (Å²) in [5.74, 6) is 0. The Labute approximate surface area is 152 Å². The Kier molecular flexibility index (Phi) is 10.8. The SMILES string of the molecule is CC(C)(C)OC(=O)N(CCCCCCCCCO)C(=O)OC(C)(C)C. The van der Waals surface area contributed by atoms with Crippen molar-refractivity contribution >= 4 is 12.2 Å². The Morgan fingerprint density at radius 1 is 0.720 bits per heavy atom. The number of carbonyl (C=O) groups is 2. The zero-order valence-corrected chi connectivity index (χ0v) is 16.9. The largest absolute Gasteiger partial charge is 0.443 e. The maximum atomic E-state index is 12.3. The highest BCUT2D eigenvalue weighted by atomic mass is 16.6. The molecule has 0 aromatic carbocycles. The van der Waals surface area contributed by atoms with Crippen LogP contribution in [0.25, 0.3) is 0 Å². The van der Waals surface area contributed by atoms with Crippen LogP contribution >= 0.6 is 0 Å². The molecule has 0 saturated heterocycles. The van der Waals surface area contributed by atoms with Crippen LogP contribution < -0.4 is 0 Å². The monoisotopic (exact) mass is 359 g/mol. The van der Waals surface area contributed by atoms with Gasteiger partial charge < -0.3 is 14.6 Å². The fourth-order valence-corrected chi connectivity index (χ4v) is 2.16. The summed E-state index contributed by atoms with van der Waals surface area (Å²) in [6, 6.07) is 0. The van der Waals surface area contributed by atoms with Crippen LogP contribution in [-0.4, -0.2) is 46.5 Å². The van der Waals surface area contributed by atoms with E-state index in [1.165, 1.54) is 0 Å². The topological polar surface area (TPSA) is 76.1 Å². The van der Waals surface area contributed by atoms with Gasteiger partial charge in [-0.1, -0.05) is 32.1 Å². The minimum atomic E-state index is -0.663. The number of rotatable bonds is 9. The molecule has 0 aromatic rings. The smallest absolute Gasteiger partial charge is 0.419 e. The molecule has 148 valence electrons. The fourth-order valence-electron chi connectivity index (χ4n) is 2.16. The molecular formula is C19H37NO5. The lowest BCUT2D eigenvalue weighted by Crippen LogP contribution is -2.44. The zero-order valence-electron chi connectivity index (χ0n) is 16.9. The van der Waals surface area contributed by atoms with E-state index in [-0.39, 0.29) is 6.61 Å². The van der Waals surface area contributed by atoms with Crippen molar-refractivity contribution in [2.24, 2.45) is 0 Å². The number of unbranched alkanes of at least 4 members (excludes halogenated alkanes) is 6. The maximum Gasteiger partial charge on any atom is 0.419 e. The lowest BCUT2D eigenvalue weighted by Gasteiger charge is -2.28. The van der Waals surface area contributed by atoms with E-state index in [2.05, 4.69) is 0 Å². The van der Waals surface area contributed by atoms with Crippen LogP contribution in [0, 0.1) is 0 Å². The third-order valence-corrected chi connectivity index (χ3v) is 3.27. The number of amides is 2. The first-order chi connectivity index (χ1) is 11.5. The highest BCUT2D eigenvalue weighted by Gasteiger charge is 2.30. The van der Waals surface area contributed by atoms with Crippen LogP contribution in [0.1, 0.15) is 86.5 Å². The van der Waals surface area contributed by atoms with Crippen molar-refractivity contribution in [3.05, 3.63) is 0 Å². The van der Waals surface area contributed by atoms with Crippen molar-refractivity contribution in [3.8, 4) is 0 Å². The second-order valence-corrected chi connectivity index (χ2v) is 8.31. The average molecular weight is 360 g/mol. The van der Waals surface area contributed by atoms with E-state index >= 15 is 0 Å². The number of nitrogens with zero attached hydrogens (tertiary/aromatic N) is 1. The summed E-state index contributed by atoms with van der Waals surface area (Å²) in [7, 11) is 0. The van der Waals surface area contributed by atoms with Gasteiger partial charge >= 0.3 is 12.2 Å². The second kappa shape index (κ2) is 11.3. The normalized spacial score (nSPS) is 12.0. The van der Waals surface area contributed by atoms with Gasteiger partial charge in [0, 0.05) is 13.2 Å². The predicted octanol–water partition coefficient (Wildman–Crippen LogP) is 4.88. The van der Waals surface area contributed by atoms with E-state index < -0.39 is 23.4 Å². The standard InChI is InChI=1S/C19H37NO5/c1-18(2,3)24-16(22)20(17(23)25-19(4,5)6)14-12-10-8-7-9-11-13-15-21/h21H,7-15H2,1-6H3. The molecule has 6 heteroatoms. The summed E-state index contributed by atoms with van der Waals surface area (Å²) < 4.78 is 10.6. The van der Waals surface area contributed by atoms with Crippen LogP contribution in [0.15, 0.2) is 0 Å². The third-order valence-electron chi connectivity index (χ3n) is 3.27. The molecule has 0 spiro atoms. The van der Waals surface area contributed by atoms with Crippen molar-refractivity contribution in [1.29, 1.82) is 0 Å². The van der Waals surface area contributed by atoms with E-state index in [1.807, 2.05) is 0 Å². The van der Waals surface area contributed by atoms with Crippen molar-refractivity contribution in [2.45, 2.75) is 97.7 Å². The van der Waals surface area contributed by atoms with Crippen LogP contribution in [0.3, 0.4) is 0 Å². The second-order valence-electron chi connectivity index (χ2n) is 8.31. The van der Waals surface area contributed by atoms with Gasteiger partial charge in [-0.3, -0.25) is 0 Å². The van der Waals surface area contributed by atoms with E-state index in [9.17, 15) is 9.59 Å². The lowest BCUT2D eigenvalue weighted by atomic mass is 10.1. The summed E-state index contributed by atoms with van der Waals surface area (Å²) in [6.07, 6.45) is 5.46. The van der Waals surface area contributed by atoms with Crippen molar-refractivity contribution in [2.75, 3.05) is 13.2 Å². The first-order valence-corrected chi connectivity index (χ1v) is 9.30. The molecule has 2 amide bonds. The van der Waals surface area contributed by atoms with Gasteiger partial charge in [-0.15, -0.1) is 0 Å². The number of ether oxygens (including phenoxy) is 2. The molecule has 0 aliphatic rings. The number of hydrogen-bond acceptors (Lipinski definition) is 5. The van der Waals surface area contributed by atoms with Gasteiger partial charge in [-0.25, -0.2) is 14.5 Å². The summed E-state index contributed by atoms with van der Waals surface area (Å²) >= 11 is 0. The molecular weight excluding hydrogens is 322 g/mol. The summed E-state index contributed by atoms with van der Waals surface area (Å²) in [5, 5.41) is 8.74. The van der Waals surface area contributed by atoms with Gasteiger partial charge in [0.1, 0.15) is 11.2 Å². The third kappa shape index (κ3) is 13.6. The number of aliphatic hydroxyl groups is 1. The molecule has 0 aromatic heterocycles. The zero-order chi connectivity index (χ0) is 19.5. The van der Waals surface area contributed by atoms with E-state index in [4.69, 9.17) is 14.6 Å². The maximum absolute atomic E-state index is 12.3. The summed E-state index contributed by atoms with van der Waals surface area (Å²) in [4.78, 5) is 25.7. The summed E-state index contributed by atoms with van der Waals surface area (Å²) in [5.41, 5.74) is -1.33. The summed E-state index contributed by atoms with van der Waals surface area (Å²) in [6.45, 7) is 11.2. The quantitative estimate of drug-likeness (QED) is 0.594. The molecule has 0 atom stereocenters. The van der Waals surface area contributed by atoms with Gasteiger partial charge in [-0.2, -0.15) is 0 Å². The molecule has 0 radical (unpaired) electrons. The minimum Gasteiger partial charge on any atom is -0.443 e. The van der Waals surface area contributed by atoms with Gasteiger partial charge in [-0.05, 0) is 54.4 Å². The molecule has 0 aliphatic heterocycles. The molecule has 0 heterocycles. The number of imide groups is 1. The van der Waals surface area contributed by atoms with Gasteiger partial charge in [0.15, 0.2) is 0 Å². The van der Waals surface area contributed by atoms with Crippen molar-refractivity contribution < 1.29 is 24.2 Å². The molecule has 6 nitrogen and oxygen atoms in total. The van der Waals surface area contributed by atoms with Gasteiger partial charge in [0.2, 0.25) is 0 Å². The number of hydrogen-bond donors (Lipinski definition) is 1. The molecule has 25 heavy (non-hydrogen) atoms. The fraction of sp³-hybridized carbons (Fsp3) is 0.895. The van der Waals surface area contributed by atoms with Crippen molar-refractivity contribution in [3.63, 3.8) is 0 Å². The Bertz CT molecular complexity index is 368. The Balaban J connectivity index is 4.45. The highest BCUT2D eigenvalue weighted by molar-refractivity contribution is 5.88. The van der Waals surface area contributed by atoms with Crippen LogP contribution in [0.4, 0.5) is 9.59 Å². The van der Waals surface area contributed by atoms with E-state index in [0.29, 0.717) is 6.54 Å². The Hall–Kier alpha value is -1.30. The first-order valence-electron chi connectivity index (χ1n) is 9.30. The molecule has 0 unspecified atom stereocenters. The van der Waals surface area contributed by atoms with Crippen molar-refractivity contribution in [1.82, 2.24) is 4.90 Å². The molecule has 0 aliphatic carbocycles. The predicted molar refractivity (Wildman–Crippen MR) is 98.6 cm³/mol. The van der Waals surface area contributed by atoms with E-state index in [0.717, 1.165) is 49.8 Å². The minimum absolute atomic E-state index is 0.251. The van der Waals surface area contributed by atoms with Gasteiger partial charge in [0.25, 0.3) is 0 Å². The first kappa shape index (κ1) is 23.7.